The second-order valence-corrected chi connectivity index (χ2v) is 10.3. The molecule has 0 amide bonds. The number of hydrogen-bond acceptors (Lipinski definition) is 1. The molecular formula is C24H40O. The van der Waals surface area contributed by atoms with E-state index in [-0.39, 0.29) is 0 Å². The average molecular weight is 345 g/mol. The zero-order valence-corrected chi connectivity index (χ0v) is 17.4. The highest BCUT2D eigenvalue weighted by Gasteiger charge is 2.56. The smallest absolute Gasteiger partial charge is 0.135 e. The Morgan fingerprint density at radius 3 is 2.40 bits per heavy atom. The first-order chi connectivity index (χ1) is 11.8. The molecule has 1 nitrogen and oxygen atoms in total. The number of rotatable bonds is 4. The molecule has 1 heteroatoms. The van der Waals surface area contributed by atoms with Crippen molar-refractivity contribution >= 4 is 5.78 Å². The first-order valence-electron chi connectivity index (χ1n) is 11.0. The van der Waals surface area contributed by atoms with E-state index >= 15 is 0 Å². The fourth-order valence-corrected chi connectivity index (χ4v) is 6.74. The highest BCUT2D eigenvalue weighted by atomic mass is 16.1. The third-order valence-corrected chi connectivity index (χ3v) is 8.84. The van der Waals surface area contributed by atoms with Crippen LogP contribution in [0.1, 0.15) is 80.1 Å². The number of ketones is 1. The van der Waals surface area contributed by atoms with Crippen LogP contribution < -0.4 is 0 Å². The van der Waals surface area contributed by atoms with Gasteiger partial charge in [0, 0.05) is 12.3 Å². The molecule has 0 N–H and O–H groups in total. The minimum absolute atomic E-state index is 0.326. The Balaban J connectivity index is 1.73. The van der Waals surface area contributed by atoms with E-state index in [2.05, 4.69) is 53.7 Å². The molecule has 0 aromatic heterocycles. The number of carbonyl (C=O) groups excluding carboxylic acids is 1. The Kier molecular flexibility index (Phi) is 5.52. The monoisotopic (exact) mass is 344 g/mol. The molecule has 3 aliphatic carbocycles. The molecular weight excluding hydrogens is 304 g/mol. The van der Waals surface area contributed by atoms with Gasteiger partial charge in [0.1, 0.15) is 5.78 Å². The Labute approximate surface area is 156 Å². The van der Waals surface area contributed by atoms with Crippen LogP contribution in [0.15, 0.2) is 12.2 Å². The van der Waals surface area contributed by atoms with Gasteiger partial charge in [-0.15, -0.1) is 0 Å². The molecule has 3 fully saturated rings. The van der Waals surface area contributed by atoms with Crippen LogP contribution in [0.5, 0.6) is 0 Å². The van der Waals surface area contributed by atoms with Crippen LogP contribution in [0, 0.1) is 52.8 Å². The third kappa shape index (κ3) is 3.37. The van der Waals surface area contributed by atoms with Crippen molar-refractivity contribution in [3.8, 4) is 0 Å². The number of fused-ring (bicyclic) bond motifs is 3. The van der Waals surface area contributed by atoms with E-state index in [4.69, 9.17) is 0 Å². The minimum Gasteiger partial charge on any atom is -0.299 e. The molecule has 142 valence electrons. The number of allylic oxidation sites excluding steroid dienone is 2. The summed E-state index contributed by atoms with van der Waals surface area (Å²) in [6.45, 7) is 14.3. The lowest BCUT2D eigenvalue weighted by atomic mass is 9.52. The maximum atomic E-state index is 12.2. The van der Waals surface area contributed by atoms with Gasteiger partial charge in [0.05, 0.1) is 0 Å². The molecule has 8 atom stereocenters. The number of Topliss-reactive ketones (excluding diaryl/α,β-unsaturated/α-hetero) is 1. The van der Waals surface area contributed by atoms with Crippen molar-refractivity contribution in [3.63, 3.8) is 0 Å². The molecule has 0 heterocycles. The maximum Gasteiger partial charge on any atom is 0.135 e. The van der Waals surface area contributed by atoms with Gasteiger partial charge in [0.25, 0.3) is 0 Å². The molecule has 0 aromatic carbocycles. The highest BCUT2D eigenvalue weighted by Crippen LogP contribution is 2.63. The molecule has 3 saturated carbocycles. The number of hydrogen-bond donors (Lipinski definition) is 0. The summed E-state index contributed by atoms with van der Waals surface area (Å²) >= 11 is 0. The second kappa shape index (κ2) is 7.20. The third-order valence-electron chi connectivity index (χ3n) is 8.84. The van der Waals surface area contributed by atoms with Crippen molar-refractivity contribution in [1.82, 2.24) is 0 Å². The van der Waals surface area contributed by atoms with Gasteiger partial charge in [0.15, 0.2) is 0 Å². The normalized spacial score (nSPS) is 44.0. The molecule has 3 aliphatic rings. The average Bonchev–Trinajstić information content (AvgIpc) is 2.92. The second-order valence-electron chi connectivity index (χ2n) is 10.3. The minimum atomic E-state index is 0.326. The molecule has 0 spiro atoms. The van der Waals surface area contributed by atoms with Crippen LogP contribution in [0.2, 0.25) is 0 Å². The van der Waals surface area contributed by atoms with E-state index in [9.17, 15) is 4.79 Å². The molecule has 25 heavy (non-hydrogen) atoms. The lowest BCUT2D eigenvalue weighted by Crippen LogP contribution is -2.47. The predicted molar refractivity (Wildman–Crippen MR) is 106 cm³/mol. The summed E-state index contributed by atoms with van der Waals surface area (Å²) in [5.41, 5.74) is 0.506. The zero-order chi connectivity index (χ0) is 18.4. The van der Waals surface area contributed by atoms with Gasteiger partial charge >= 0.3 is 0 Å². The molecule has 3 rings (SSSR count). The van der Waals surface area contributed by atoms with E-state index in [1.807, 2.05) is 0 Å². The number of carbonyl (C=O) groups is 1. The van der Waals surface area contributed by atoms with E-state index in [1.165, 1.54) is 32.1 Å². The summed E-state index contributed by atoms with van der Waals surface area (Å²) in [7, 11) is 0. The summed E-state index contributed by atoms with van der Waals surface area (Å²) < 4.78 is 0. The van der Waals surface area contributed by atoms with Crippen LogP contribution in [0.4, 0.5) is 0 Å². The Morgan fingerprint density at radius 1 is 1.00 bits per heavy atom. The molecule has 4 unspecified atom stereocenters. The van der Waals surface area contributed by atoms with E-state index in [0.29, 0.717) is 34.9 Å². The summed E-state index contributed by atoms with van der Waals surface area (Å²) in [4.78, 5) is 12.2. The van der Waals surface area contributed by atoms with Gasteiger partial charge in [-0.3, -0.25) is 4.79 Å². The largest absolute Gasteiger partial charge is 0.299 e. The highest BCUT2D eigenvalue weighted by molar-refractivity contribution is 5.81. The summed E-state index contributed by atoms with van der Waals surface area (Å²) in [5, 5.41) is 0. The Hall–Kier alpha value is -0.590. The van der Waals surface area contributed by atoms with Gasteiger partial charge in [-0.25, -0.2) is 0 Å². The van der Waals surface area contributed by atoms with Gasteiger partial charge in [-0.1, -0.05) is 53.7 Å². The topological polar surface area (TPSA) is 17.1 Å². The van der Waals surface area contributed by atoms with Crippen molar-refractivity contribution in [3.05, 3.63) is 12.2 Å². The molecule has 0 saturated heterocycles. The summed E-state index contributed by atoms with van der Waals surface area (Å²) in [6, 6.07) is 0. The van der Waals surface area contributed by atoms with Gasteiger partial charge in [-0.2, -0.15) is 0 Å². The van der Waals surface area contributed by atoms with Crippen LogP contribution >= 0.6 is 0 Å². The van der Waals surface area contributed by atoms with Crippen LogP contribution in [0.3, 0.4) is 0 Å². The molecule has 0 bridgehead atoms. The molecule has 0 aliphatic heterocycles. The lowest BCUT2D eigenvalue weighted by Gasteiger charge is -2.52. The van der Waals surface area contributed by atoms with E-state index < -0.39 is 0 Å². The Morgan fingerprint density at radius 2 is 1.72 bits per heavy atom. The quantitative estimate of drug-likeness (QED) is 0.530. The molecule has 0 aromatic rings. The van der Waals surface area contributed by atoms with Crippen molar-refractivity contribution in [2.24, 2.45) is 52.8 Å². The maximum absolute atomic E-state index is 12.2. The lowest BCUT2D eigenvalue weighted by molar-refractivity contribution is -0.132. The Bertz CT molecular complexity index is 518. The van der Waals surface area contributed by atoms with Gasteiger partial charge < -0.3 is 0 Å². The first-order valence-corrected chi connectivity index (χ1v) is 11.0. The standard InChI is InChI=1S/C24H40O/c1-15(2)16(3)7-8-17(4)21-10-11-22-20-9-12-23(25)18(5)19(20)13-14-24(21,22)6/h7-8,15-22H,9-14H2,1-6H3/b8-7+/t16-,17+,18-,19+,20?,21?,22?,24?/m0/s1. The van der Waals surface area contributed by atoms with Crippen molar-refractivity contribution in [2.45, 2.75) is 80.1 Å². The van der Waals surface area contributed by atoms with Crippen LogP contribution in [-0.2, 0) is 4.79 Å². The molecule has 0 radical (unpaired) electrons. The summed E-state index contributed by atoms with van der Waals surface area (Å²) in [5.74, 6) is 6.17. The van der Waals surface area contributed by atoms with E-state index in [1.54, 1.807) is 0 Å². The van der Waals surface area contributed by atoms with E-state index in [0.717, 1.165) is 30.1 Å². The fourth-order valence-electron chi connectivity index (χ4n) is 6.74. The van der Waals surface area contributed by atoms with Gasteiger partial charge in [-0.05, 0) is 78.9 Å². The van der Waals surface area contributed by atoms with Crippen molar-refractivity contribution < 1.29 is 4.79 Å². The SMILES string of the molecule is CC(C)[C@@H](C)/C=C/[C@@H](C)C1CCC2C3CCC(=O)[C@@H](C)[C@H]3CCC21C. The zero-order valence-electron chi connectivity index (χ0n) is 17.4. The first kappa shape index (κ1) is 19.2. The summed E-state index contributed by atoms with van der Waals surface area (Å²) in [6.07, 6.45) is 12.5. The predicted octanol–water partition coefficient (Wildman–Crippen LogP) is 6.53. The van der Waals surface area contributed by atoms with Crippen molar-refractivity contribution in [2.75, 3.05) is 0 Å². The van der Waals surface area contributed by atoms with Gasteiger partial charge in [0.2, 0.25) is 0 Å². The fraction of sp³-hybridized carbons (Fsp3) is 0.875. The van der Waals surface area contributed by atoms with Crippen LogP contribution in [-0.4, -0.2) is 5.78 Å². The van der Waals surface area contributed by atoms with Crippen LogP contribution in [0.25, 0.3) is 0 Å². The van der Waals surface area contributed by atoms with Crippen molar-refractivity contribution in [1.29, 1.82) is 0 Å².